The number of fused-ring (bicyclic) bond motifs is 1. The van der Waals surface area contributed by atoms with Gasteiger partial charge in [-0.3, -0.25) is 9.89 Å². The number of alkyl halides is 2. The smallest absolute Gasteiger partial charge is 0.249 e. The summed E-state index contributed by atoms with van der Waals surface area (Å²) in [6.07, 6.45) is 8.37. The minimum absolute atomic E-state index is 0.0774. The minimum Gasteiger partial charge on any atom is -0.342 e. The number of allylic oxidation sites excluding steroid dienone is 7. The number of nitrogens with zero attached hydrogens (tertiary/aromatic N) is 1. The van der Waals surface area contributed by atoms with Gasteiger partial charge in [0, 0.05) is 47.7 Å². The SMILES string of the molecule is C=C(/C=C\C=C/C)[C@]1(C)C2=C(CC(C)(C)CC2=O)Nc2n[nH]c(C3CC(F)(F)C3)c21. The molecule has 2 N–H and O–H groups in total. The Labute approximate surface area is 176 Å². The Morgan fingerprint density at radius 2 is 1.90 bits per heavy atom. The van der Waals surface area contributed by atoms with Gasteiger partial charge in [-0.25, -0.2) is 8.78 Å². The number of Topliss-reactive ketones (excluding diaryl/α,β-unsaturated/α-hetero) is 1. The van der Waals surface area contributed by atoms with Crippen LogP contribution in [0.5, 0.6) is 0 Å². The molecule has 0 spiro atoms. The molecule has 0 aromatic carbocycles. The molecule has 1 aromatic heterocycles. The van der Waals surface area contributed by atoms with Crippen LogP contribution in [0, 0.1) is 5.41 Å². The first-order valence-corrected chi connectivity index (χ1v) is 10.5. The van der Waals surface area contributed by atoms with Crippen molar-refractivity contribution in [3.8, 4) is 0 Å². The third-order valence-corrected chi connectivity index (χ3v) is 6.68. The summed E-state index contributed by atoms with van der Waals surface area (Å²) >= 11 is 0. The van der Waals surface area contributed by atoms with E-state index < -0.39 is 11.3 Å². The zero-order valence-corrected chi connectivity index (χ0v) is 18.0. The van der Waals surface area contributed by atoms with E-state index in [1.807, 2.05) is 38.2 Å². The number of carbonyl (C=O) groups is 1. The molecule has 0 amide bonds. The number of aromatic nitrogens is 2. The van der Waals surface area contributed by atoms with Crippen molar-refractivity contribution in [2.75, 3.05) is 5.32 Å². The number of nitrogens with one attached hydrogen (secondary N) is 2. The van der Waals surface area contributed by atoms with Crippen LogP contribution in [-0.4, -0.2) is 21.9 Å². The maximum absolute atomic E-state index is 13.6. The molecule has 6 heteroatoms. The first-order chi connectivity index (χ1) is 14.0. The molecule has 4 rings (SSSR count). The number of ketones is 1. The molecule has 1 saturated carbocycles. The molecule has 1 aliphatic heterocycles. The van der Waals surface area contributed by atoms with E-state index in [1.54, 1.807) is 0 Å². The van der Waals surface area contributed by atoms with Gasteiger partial charge in [0.1, 0.15) is 0 Å². The van der Waals surface area contributed by atoms with E-state index in [4.69, 9.17) is 0 Å². The Bertz CT molecular complexity index is 1000. The molecule has 4 nitrogen and oxygen atoms in total. The summed E-state index contributed by atoms with van der Waals surface area (Å²) in [4.78, 5) is 13.4. The van der Waals surface area contributed by atoms with E-state index in [-0.39, 0.29) is 30.0 Å². The summed E-state index contributed by atoms with van der Waals surface area (Å²) < 4.78 is 27.3. The number of aromatic amines is 1. The quantitative estimate of drug-likeness (QED) is 0.601. The number of carbonyl (C=O) groups excluding carboxylic acids is 1. The Morgan fingerprint density at radius 1 is 1.20 bits per heavy atom. The molecule has 2 heterocycles. The minimum atomic E-state index is -2.64. The number of hydrogen-bond acceptors (Lipinski definition) is 3. The van der Waals surface area contributed by atoms with E-state index in [1.165, 1.54) is 0 Å². The van der Waals surface area contributed by atoms with E-state index in [0.717, 1.165) is 23.3 Å². The van der Waals surface area contributed by atoms with Crippen molar-refractivity contribution < 1.29 is 13.6 Å². The molecular formula is C24H29F2N3O. The van der Waals surface area contributed by atoms with Gasteiger partial charge in [0.25, 0.3) is 0 Å². The third-order valence-electron chi connectivity index (χ3n) is 6.68. The maximum atomic E-state index is 13.6. The molecule has 0 unspecified atom stereocenters. The molecule has 1 fully saturated rings. The van der Waals surface area contributed by atoms with Gasteiger partial charge in [-0.05, 0) is 31.3 Å². The molecule has 0 saturated heterocycles. The maximum Gasteiger partial charge on any atom is 0.249 e. The topological polar surface area (TPSA) is 57.8 Å². The second-order valence-electron chi connectivity index (χ2n) is 9.78. The second kappa shape index (κ2) is 6.76. The lowest BCUT2D eigenvalue weighted by atomic mass is 9.60. The monoisotopic (exact) mass is 413 g/mol. The fraction of sp³-hybridized carbons (Fsp3) is 0.500. The number of H-pyrrole nitrogens is 1. The number of rotatable bonds is 4. The highest BCUT2D eigenvalue weighted by Gasteiger charge is 2.53. The van der Waals surface area contributed by atoms with Gasteiger partial charge in [0.15, 0.2) is 11.6 Å². The van der Waals surface area contributed by atoms with E-state index in [9.17, 15) is 13.6 Å². The normalized spacial score (nSPS) is 27.7. The summed E-state index contributed by atoms with van der Waals surface area (Å²) in [6.45, 7) is 12.4. The fourth-order valence-electron chi connectivity index (χ4n) is 5.16. The Morgan fingerprint density at radius 3 is 2.53 bits per heavy atom. The van der Waals surface area contributed by atoms with Crippen LogP contribution in [0.15, 0.2) is 47.7 Å². The summed E-state index contributed by atoms with van der Waals surface area (Å²) in [6, 6.07) is 0. The molecule has 1 atom stereocenters. The first-order valence-electron chi connectivity index (χ1n) is 10.5. The van der Waals surface area contributed by atoms with Gasteiger partial charge in [0.2, 0.25) is 5.92 Å². The molecular weight excluding hydrogens is 384 g/mol. The summed E-state index contributed by atoms with van der Waals surface area (Å²) in [7, 11) is 0. The summed E-state index contributed by atoms with van der Waals surface area (Å²) in [5, 5.41) is 10.8. The van der Waals surface area contributed by atoms with Crippen LogP contribution in [0.2, 0.25) is 0 Å². The van der Waals surface area contributed by atoms with Crippen LogP contribution in [0.1, 0.15) is 70.6 Å². The Kier molecular flexibility index (Phi) is 4.68. The largest absolute Gasteiger partial charge is 0.342 e. The lowest BCUT2D eigenvalue weighted by Gasteiger charge is -2.45. The van der Waals surface area contributed by atoms with Crippen molar-refractivity contribution in [3.05, 3.63) is 59.0 Å². The Hall–Kier alpha value is -2.50. The molecule has 0 bridgehead atoms. The van der Waals surface area contributed by atoms with E-state index in [0.29, 0.717) is 23.5 Å². The Balaban J connectivity index is 1.87. The zero-order chi connectivity index (χ0) is 21.9. The standard InChI is InChI=1S/C24H29F2N3O/c1-6-7-8-9-14(2)23(5)18-16(12-22(3,4)13-17(18)30)27-21-19(23)20(28-29-21)15-10-24(25,26)11-15/h6-9,15H,2,10-13H2,1,3-5H3,(H2,27,28,29)/b7-6-,9-8-/t23-/m1/s1. The van der Waals surface area contributed by atoms with Crippen LogP contribution < -0.4 is 5.32 Å². The van der Waals surface area contributed by atoms with Crippen LogP contribution in [-0.2, 0) is 10.2 Å². The molecule has 1 aromatic rings. The van der Waals surface area contributed by atoms with Crippen molar-refractivity contribution in [2.24, 2.45) is 5.41 Å². The molecule has 160 valence electrons. The van der Waals surface area contributed by atoms with Gasteiger partial charge >= 0.3 is 0 Å². The number of anilines is 1. The first kappa shape index (κ1) is 20.8. The highest BCUT2D eigenvalue weighted by atomic mass is 19.3. The van der Waals surface area contributed by atoms with Gasteiger partial charge in [-0.1, -0.05) is 44.7 Å². The van der Waals surface area contributed by atoms with Crippen molar-refractivity contribution in [2.45, 2.75) is 70.6 Å². The van der Waals surface area contributed by atoms with Gasteiger partial charge in [0.05, 0.1) is 5.41 Å². The second-order valence-corrected chi connectivity index (χ2v) is 9.78. The van der Waals surface area contributed by atoms with Crippen molar-refractivity contribution in [3.63, 3.8) is 0 Å². The van der Waals surface area contributed by atoms with Crippen LogP contribution in [0.25, 0.3) is 0 Å². The lowest BCUT2D eigenvalue weighted by Crippen LogP contribution is -2.43. The van der Waals surface area contributed by atoms with Crippen LogP contribution >= 0.6 is 0 Å². The van der Waals surface area contributed by atoms with Crippen molar-refractivity contribution >= 4 is 11.6 Å². The van der Waals surface area contributed by atoms with Gasteiger partial charge in [-0.15, -0.1) is 0 Å². The van der Waals surface area contributed by atoms with Crippen molar-refractivity contribution in [1.29, 1.82) is 0 Å². The molecule has 0 radical (unpaired) electrons. The van der Waals surface area contributed by atoms with Gasteiger partial charge in [-0.2, -0.15) is 5.10 Å². The summed E-state index contributed by atoms with van der Waals surface area (Å²) in [5.74, 6) is -2.25. The van der Waals surface area contributed by atoms with E-state index in [2.05, 4.69) is 35.9 Å². The molecule has 30 heavy (non-hydrogen) atoms. The van der Waals surface area contributed by atoms with Crippen LogP contribution in [0.4, 0.5) is 14.6 Å². The number of halogens is 2. The average molecular weight is 414 g/mol. The van der Waals surface area contributed by atoms with Crippen molar-refractivity contribution in [1.82, 2.24) is 10.2 Å². The molecule has 2 aliphatic carbocycles. The number of hydrogen-bond donors (Lipinski definition) is 2. The van der Waals surface area contributed by atoms with E-state index >= 15 is 0 Å². The lowest BCUT2D eigenvalue weighted by molar-refractivity contribution is -0.118. The fourth-order valence-corrected chi connectivity index (χ4v) is 5.16. The highest BCUT2D eigenvalue weighted by Crippen LogP contribution is 2.57. The zero-order valence-electron chi connectivity index (χ0n) is 18.0. The van der Waals surface area contributed by atoms with Crippen LogP contribution in [0.3, 0.4) is 0 Å². The molecule has 3 aliphatic rings. The third kappa shape index (κ3) is 3.17. The summed E-state index contributed by atoms with van der Waals surface area (Å²) in [5.41, 5.74) is 2.80. The average Bonchev–Trinajstić information content (AvgIpc) is 3.02. The predicted molar refractivity (Wildman–Crippen MR) is 115 cm³/mol. The van der Waals surface area contributed by atoms with Gasteiger partial charge < -0.3 is 5.32 Å². The highest BCUT2D eigenvalue weighted by molar-refractivity contribution is 6.03. The predicted octanol–water partition coefficient (Wildman–Crippen LogP) is 5.94.